The van der Waals surface area contributed by atoms with E-state index in [9.17, 15) is 14.7 Å². The van der Waals surface area contributed by atoms with E-state index in [0.717, 1.165) is 11.1 Å². The predicted octanol–water partition coefficient (Wildman–Crippen LogP) is 5.34. The number of amides is 1. The second-order valence-corrected chi connectivity index (χ2v) is 10.7. The molecule has 0 unspecified atom stereocenters. The molecule has 8 heteroatoms. The van der Waals surface area contributed by atoms with Gasteiger partial charge in [-0.1, -0.05) is 49.7 Å². The van der Waals surface area contributed by atoms with Gasteiger partial charge in [-0.15, -0.1) is 0 Å². The lowest BCUT2D eigenvalue weighted by molar-refractivity contribution is -0.147. The molecule has 1 amide bonds. The molecule has 0 aliphatic carbocycles. The Morgan fingerprint density at radius 2 is 1.91 bits per heavy atom. The Morgan fingerprint density at radius 3 is 2.51 bits per heavy atom. The molecule has 1 fully saturated rings. The third-order valence-corrected chi connectivity index (χ3v) is 7.38. The number of carboxylic acids is 1. The molecule has 0 atom stereocenters. The van der Waals surface area contributed by atoms with Crippen LogP contribution in [-0.2, 0) is 15.0 Å². The Bertz CT molecular complexity index is 1060. The lowest BCUT2D eigenvalue weighted by atomic mass is 9.69. The van der Waals surface area contributed by atoms with E-state index in [4.69, 9.17) is 16.3 Å². The molecular formula is C27H36ClN3O4. The Hall–Kier alpha value is -2.64. The number of rotatable bonds is 9. The van der Waals surface area contributed by atoms with Gasteiger partial charge in [-0.3, -0.25) is 9.59 Å². The van der Waals surface area contributed by atoms with E-state index >= 15 is 0 Å². The quantitative estimate of drug-likeness (QED) is 0.450. The summed E-state index contributed by atoms with van der Waals surface area (Å²) in [6, 6.07) is 9.75. The van der Waals surface area contributed by atoms with Gasteiger partial charge in [-0.2, -0.15) is 0 Å². The van der Waals surface area contributed by atoms with Gasteiger partial charge in [0, 0.05) is 6.07 Å². The summed E-state index contributed by atoms with van der Waals surface area (Å²) in [4.78, 5) is 31.9. The zero-order valence-corrected chi connectivity index (χ0v) is 22.0. The van der Waals surface area contributed by atoms with Crippen LogP contribution in [-0.4, -0.2) is 53.6 Å². The number of hydrogen-bond donors (Lipinski definition) is 2. The molecule has 0 radical (unpaired) electrons. The summed E-state index contributed by atoms with van der Waals surface area (Å²) in [5.74, 6) is -0.172. The van der Waals surface area contributed by atoms with Gasteiger partial charge in [0.25, 0.3) is 0 Å². The van der Waals surface area contributed by atoms with Gasteiger partial charge >= 0.3 is 5.97 Å². The topological polar surface area (TPSA) is 91.8 Å². The van der Waals surface area contributed by atoms with Crippen LogP contribution in [0.1, 0.15) is 64.0 Å². The van der Waals surface area contributed by atoms with Crippen molar-refractivity contribution in [2.24, 2.45) is 5.41 Å². The predicted molar refractivity (Wildman–Crippen MR) is 138 cm³/mol. The van der Waals surface area contributed by atoms with Gasteiger partial charge in [-0.25, -0.2) is 4.98 Å². The minimum absolute atomic E-state index is 0.0986. The van der Waals surface area contributed by atoms with E-state index in [1.54, 1.807) is 19.9 Å². The number of hydrogen-bond acceptors (Lipinski definition) is 5. The third-order valence-electron chi connectivity index (χ3n) is 7.18. The van der Waals surface area contributed by atoms with Crippen LogP contribution in [0.25, 0.3) is 0 Å². The van der Waals surface area contributed by atoms with Crippen LogP contribution in [0.5, 0.6) is 5.75 Å². The van der Waals surface area contributed by atoms with Crippen molar-refractivity contribution >= 4 is 29.2 Å². The second kappa shape index (κ2) is 11.0. The van der Waals surface area contributed by atoms with E-state index in [1.165, 1.54) is 13.3 Å². The Labute approximate surface area is 212 Å². The van der Waals surface area contributed by atoms with E-state index in [2.05, 4.69) is 41.2 Å². The number of carboxylic acid groups (broad SMARTS) is 1. The maximum atomic E-state index is 14.0. The molecule has 1 aromatic carbocycles. The number of benzene rings is 1. The number of methoxy groups -OCH3 is 1. The first kappa shape index (κ1) is 27.0. The molecule has 1 aliphatic rings. The van der Waals surface area contributed by atoms with Crippen molar-refractivity contribution in [2.45, 2.75) is 58.3 Å². The zero-order chi connectivity index (χ0) is 25.8. The molecule has 3 rings (SSSR count). The number of carbonyl (C=O) groups excluding carboxylic acids is 1. The van der Waals surface area contributed by atoms with Gasteiger partial charge in [0.05, 0.1) is 24.1 Å². The summed E-state index contributed by atoms with van der Waals surface area (Å²) in [6.45, 7) is 9.86. The number of halogens is 1. The minimum Gasteiger partial charge on any atom is -0.494 e. The number of pyridine rings is 1. The second-order valence-electron chi connectivity index (χ2n) is 10.3. The summed E-state index contributed by atoms with van der Waals surface area (Å²) < 4.78 is 5.42. The summed E-state index contributed by atoms with van der Waals surface area (Å²) in [5.41, 5.74) is 1.16. The van der Waals surface area contributed by atoms with Crippen LogP contribution in [0.4, 0.5) is 5.69 Å². The number of nitrogens with one attached hydrogen (secondary N) is 1. The van der Waals surface area contributed by atoms with Gasteiger partial charge < -0.3 is 20.1 Å². The number of likely N-dealkylation sites (tertiary alicyclic amines) is 1. The number of anilines is 1. The molecule has 1 aromatic heterocycles. The van der Waals surface area contributed by atoms with E-state index in [0.29, 0.717) is 50.3 Å². The highest BCUT2D eigenvalue weighted by Crippen LogP contribution is 2.41. The summed E-state index contributed by atoms with van der Waals surface area (Å²) in [7, 11) is 1.53. The van der Waals surface area contributed by atoms with E-state index in [1.807, 2.05) is 12.1 Å². The Kier molecular flexibility index (Phi) is 8.44. The smallest absolute Gasteiger partial charge is 0.309 e. The van der Waals surface area contributed by atoms with Crippen molar-refractivity contribution in [3.8, 4) is 5.75 Å². The molecule has 2 aromatic rings. The molecule has 0 bridgehead atoms. The highest BCUT2D eigenvalue weighted by molar-refractivity contribution is 6.29. The maximum Gasteiger partial charge on any atom is 0.309 e. The van der Waals surface area contributed by atoms with Gasteiger partial charge in [0.2, 0.25) is 5.91 Å². The minimum atomic E-state index is -0.792. The van der Waals surface area contributed by atoms with Crippen LogP contribution < -0.4 is 10.1 Å². The van der Waals surface area contributed by atoms with Crippen molar-refractivity contribution in [3.05, 3.63) is 52.8 Å². The fraction of sp³-hybridized carbons (Fsp3) is 0.519. The highest BCUT2D eigenvalue weighted by Gasteiger charge is 2.44. The third kappa shape index (κ3) is 5.96. The maximum absolute atomic E-state index is 14.0. The molecule has 35 heavy (non-hydrogen) atoms. The van der Waals surface area contributed by atoms with Gasteiger partial charge in [0.15, 0.2) is 0 Å². The SMILES string of the molecule is COc1cc(Cl)ncc1NC(=O)C1(c2ccccc2C(C)C)CCN(CCC(C)(C)C(=O)O)CC1. The summed E-state index contributed by atoms with van der Waals surface area (Å²) in [5, 5.41) is 12.8. The standard InChI is InChI=1S/C27H36ClN3O4/c1-18(2)19-8-6-7-9-20(19)27(24(32)30-21-17-29-23(28)16-22(21)35-5)11-14-31(15-12-27)13-10-26(3,4)25(33)34/h6-9,16-18H,10-15H2,1-5H3,(H,30,32)(H,33,34). The molecule has 0 spiro atoms. The van der Waals surface area contributed by atoms with Crippen molar-refractivity contribution in [2.75, 3.05) is 32.1 Å². The normalized spacial score (nSPS) is 16.2. The molecule has 2 N–H and O–H groups in total. The molecule has 7 nitrogen and oxygen atoms in total. The fourth-order valence-electron chi connectivity index (χ4n) is 4.68. The first-order valence-corrected chi connectivity index (χ1v) is 12.4. The molecule has 1 aliphatic heterocycles. The highest BCUT2D eigenvalue weighted by atomic mass is 35.5. The van der Waals surface area contributed by atoms with E-state index in [-0.39, 0.29) is 17.0 Å². The van der Waals surface area contributed by atoms with Crippen molar-refractivity contribution in [3.63, 3.8) is 0 Å². The monoisotopic (exact) mass is 501 g/mol. The summed E-state index contributed by atoms with van der Waals surface area (Å²) in [6.07, 6.45) is 3.32. The first-order chi connectivity index (χ1) is 16.5. The molecular weight excluding hydrogens is 466 g/mol. The van der Waals surface area contributed by atoms with E-state index < -0.39 is 16.8 Å². The molecule has 2 heterocycles. The lowest BCUT2D eigenvalue weighted by Gasteiger charge is -2.42. The van der Waals surface area contributed by atoms with Gasteiger partial charge in [-0.05, 0) is 69.8 Å². The number of ether oxygens (including phenoxy) is 1. The number of piperidine rings is 1. The Balaban J connectivity index is 1.91. The van der Waals surface area contributed by atoms with Gasteiger partial charge in [0.1, 0.15) is 16.6 Å². The zero-order valence-electron chi connectivity index (χ0n) is 21.2. The van der Waals surface area contributed by atoms with Crippen LogP contribution in [0, 0.1) is 5.41 Å². The lowest BCUT2D eigenvalue weighted by Crippen LogP contribution is -2.50. The number of carbonyl (C=O) groups is 2. The number of aliphatic carboxylic acids is 1. The van der Waals surface area contributed by atoms with Crippen LogP contribution in [0.15, 0.2) is 36.5 Å². The molecule has 0 saturated carbocycles. The fourth-order valence-corrected chi connectivity index (χ4v) is 4.82. The summed E-state index contributed by atoms with van der Waals surface area (Å²) >= 11 is 6.01. The molecule has 1 saturated heterocycles. The Morgan fingerprint density at radius 1 is 1.26 bits per heavy atom. The number of aromatic nitrogens is 1. The largest absolute Gasteiger partial charge is 0.494 e. The van der Waals surface area contributed by atoms with Crippen molar-refractivity contribution in [1.29, 1.82) is 0 Å². The average molecular weight is 502 g/mol. The average Bonchev–Trinajstić information content (AvgIpc) is 2.84. The van der Waals surface area contributed by atoms with Crippen LogP contribution >= 0.6 is 11.6 Å². The number of nitrogens with zero attached hydrogens (tertiary/aromatic N) is 2. The van der Waals surface area contributed by atoms with Crippen LogP contribution in [0.3, 0.4) is 0 Å². The molecule has 190 valence electrons. The van der Waals surface area contributed by atoms with Crippen molar-refractivity contribution < 1.29 is 19.4 Å². The van der Waals surface area contributed by atoms with Crippen molar-refractivity contribution in [1.82, 2.24) is 9.88 Å². The van der Waals surface area contributed by atoms with Crippen LogP contribution in [0.2, 0.25) is 5.15 Å². The first-order valence-electron chi connectivity index (χ1n) is 12.1.